The Kier molecular flexibility index (Phi) is 6.60. The minimum absolute atomic E-state index is 0.149. The summed E-state index contributed by atoms with van der Waals surface area (Å²) in [7, 11) is 1.59. The van der Waals surface area contributed by atoms with Crippen molar-refractivity contribution in [2.45, 2.75) is 20.5 Å². The zero-order chi connectivity index (χ0) is 22.8. The number of carbonyl (C=O) groups is 1. The number of rotatable bonds is 6. The maximum absolute atomic E-state index is 13.1. The molecule has 1 saturated heterocycles. The smallest absolute Gasteiger partial charge is 0.285 e. The highest BCUT2D eigenvalue weighted by Crippen LogP contribution is 2.35. The van der Waals surface area contributed by atoms with E-state index in [2.05, 4.69) is 0 Å². The molecule has 0 N–H and O–H groups in total. The second-order valence-corrected chi connectivity index (χ2v) is 9.36. The van der Waals surface area contributed by atoms with E-state index in [0.717, 1.165) is 22.5 Å². The van der Waals surface area contributed by atoms with E-state index < -0.39 is 0 Å². The lowest BCUT2D eigenvalue weighted by molar-refractivity contribution is -0.114. The van der Waals surface area contributed by atoms with Gasteiger partial charge >= 0.3 is 0 Å². The average molecular weight is 485 g/mol. The Balaban J connectivity index is 1.54. The predicted molar refractivity (Wildman–Crippen MR) is 134 cm³/mol. The maximum atomic E-state index is 13.1. The summed E-state index contributed by atoms with van der Waals surface area (Å²) in [5, 5.41) is 2.22. The van der Waals surface area contributed by atoms with Crippen molar-refractivity contribution in [3.05, 3.63) is 87.0 Å². The molecule has 1 aliphatic rings. The number of aromatic nitrogens is 1. The van der Waals surface area contributed by atoms with Gasteiger partial charge in [0.1, 0.15) is 6.61 Å². The summed E-state index contributed by atoms with van der Waals surface area (Å²) < 4.78 is 13.8. The van der Waals surface area contributed by atoms with Crippen molar-refractivity contribution >= 4 is 51.9 Å². The van der Waals surface area contributed by atoms with Gasteiger partial charge in [-0.3, -0.25) is 9.47 Å². The number of nitrogens with zero attached hydrogens (tertiary/aromatic N) is 2. The summed E-state index contributed by atoms with van der Waals surface area (Å²) >= 11 is 12.7. The Labute approximate surface area is 201 Å². The maximum Gasteiger partial charge on any atom is 0.285 e. The molecule has 0 spiro atoms. The predicted octanol–water partition coefficient (Wildman–Crippen LogP) is 5.88. The van der Waals surface area contributed by atoms with Crippen molar-refractivity contribution in [1.82, 2.24) is 4.68 Å². The van der Waals surface area contributed by atoms with Gasteiger partial charge in [0.15, 0.2) is 15.8 Å². The van der Waals surface area contributed by atoms with Gasteiger partial charge in [0.05, 0.1) is 12.0 Å². The van der Waals surface area contributed by atoms with Crippen LogP contribution in [-0.2, 0) is 11.4 Å². The van der Waals surface area contributed by atoms with Crippen LogP contribution in [0.3, 0.4) is 0 Å². The first-order chi connectivity index (χ1) is 15.4. The Hall–Kier alpha value is -2.74. The van der Waals surface area contributed by atoms with Gasteiger partial charge in [-0.2, -0.15) is 5.01 Å². The normalized spacial score (nSPS) is 15.0. The van der Waals surface area contributed by atoms with Crippen molar-refractivity contribution in [1.29, 1.82) is 0 Å². The molecule has 1 aromatic heterocycles. The number of halogens is 1. The molecule has 5 nitrogen and oxygen atoms in total. The summed E-state index contributed by atoms with van der Waals surface area (Å²) in [6, 6.07) is 17.0. The third-order valence-electron chi connectivity index (χ3n) is 5.00. The molecule has 1 amide bonds. The number of methoxy groups -OCH3 is 1. The second-order valence-electron chi connectivity index (χ2n) is 7.25. The van der Waals surface area contributed by atoms with Crippen LogP contribution in [0, 0.1) is 13.8 Å². The van der Waals surface area contributed by atoms with Gasteiger partial charge in [-0.05, 0) is 79.7 Å². The lowest BCUT2D eigenvalue weighted by atomic mass is 10.2. The number of amides is 1. The van der Waals surface area contributed by atoms with E-state index in [0.29, 0.717) is 32.4 Å². The zero-order valence-electron chi connectivity index (χ0n) is 17.8. The standard InChI is InChI=1S/C24H21ClN2O3S2/c1-15-4-5-16(2)26(15)27-23(28)22(32-24(27)31)13-18-8-11-20(21(12-18)29-3)30-14-17-6-9-19(25)10-7-17/h4-13H,14H2,1-3H3/b22-13+. The molecular formula is C24H21ClN2O3S2. The van der Waals surface area contributed by atoms with Crippen LogP contribution in [-0.4, -0.2) is 22.0 Å². The number of hydrogen-bond acceptors (Lipinski definition) is 5. The van der Waals surface area contributed by atoms with E-state index in [1.54, 1.807) is 7.11 Å². The molecule has 32 heavy (non-hydrogen) atoms. The van der Waals surface area contributed by atoms with Crippen LogP contribution in [0.2, 0.25) is 5.02 Å². The van der Waals surface area contributed by atoms with Gasteiger partial charge in [0.25, 0.3) is 5.91 Å². The molecule has 164 valence electrons. The summed E-state index contributed by atoms with van der Waals surface area (Å²) in [6.07, 6.45) is 1.82. The fraction of sp³-hybridized carbons (Fsp3) is 0.167. The minimum atomic E-state index is -0.149. The lowest BCUT2D eigenvalue weighted by Gasteiger charge is -2.20. The van der Waals surface area contributed by atoms with Crippen LogP contribution in [0.1, 0.15) is 22.5 Å². The van der Waals surface area contributed by atoms with E-state index in [1.807, 2.05) is 79.2 Å². The molecule has 3 aromatic rings. The van der Waals surface area contributed by atoms with Crippen molar-refractivity contribution in [2.24, 2.45) is 0 Å². The van der Waals surface area contributed by atoms with Crippen LogP contribution < -0.4 is 14.5 Å². The molecule has 0 unspecified atom stereocenters. The monoisotopic (exact) mass is 484 g/mol. The van der Waals surface area contributed by atoms with Crippen molar-refractivity contribution in [3.8, 4) is 11.5 Å². The van der Waals surface area contributed by atoms with Gasteiger partial charge in [-0.1, -0.05) is 41.6 Å². The third kappa shape index (κ3) is 4.55. The van der Waals surface area contributed by atoms with E-state index in [4.69, 9.17) is 33.3 Å². The number of aryl methyl sites for hydroxylation is 2. The SMILES string of the molecule is COc1cc(/C=C2/SC(=S)N(n3c(C)ccc3C)C2=O)ccc1OCc1ccc(Cl)cc1. The largest absolute Gasteiger partial charge is 0.493 e. The van der Waals surface area contributed by atoms with Crippen LogP contribution >= 0.6 is 35.6 Å². The second kappa shape index (κ2) is 9.40. The first kappa shape index (κ1) is 22.5. The van der Waals surface area contributed by atoms with Crippen LogP contribution in [0.15, 0.2) is 59.5 Å². The zero-order valence-corrected chi connectivity index (χ0v) is 20.2. The van der Waals surface area contributed by atoms with Gasteiger partial charge < -0.3 is 9.47 Å². The molecule has 0 saturated carbocycles. The fourth-order valence-electron chi connectivity index (χ4n) is 3.39. The molecule has 0 atom stereocenters. The van der Waals surface area contributed by atoms with E-state index >= 15 is 0 Å². The first-order valence-corrected chi connectivity index (χ1v) is 11.5. The lowest BCUT2D eigenvalue weighted by Crippen LogP contribution is -2.39. The Morgan fingerprint density at radius 2 is 1.72 bits per heavy atom. The molecule has 0 aliphatic carbocycles. The molecule has 8 heteroatoms. The summed E-state index contributed by atoms with van der Waals surface area (Å²) in [5.41, 5.74) is 3.72. The molecule has 4 rings (SSSR count). The quantitative estimate of drug-likeness (QED) is 0.322. The van der Waals surface area contributed by atoms with Crippen LogP contribution in [0.25, 0.3) is 6.08 Å². The number of thioether (sulfide) groups is 1. The van der Waals surface area contributed by atoms with E-state index in [-0.39, 0.29) is 5.91 Å². The van der Waals surface area contributed by atoms with Crippen molar-refractivity contribution in [2.75, 3.05) is 12.1 Å². The highest BCUT2D eigenvalue weighted by Gasteiger charge is 2.34. The summed E-state index contributed by atoms with van der Waals surface area (Å²) in [5.74, 6) is 1.05. The average Bonchev–Trinajstić information content (AvgIpc) is 3.24. The van der Waals surface area contributed by atoms with Crippen LogP contribution in [0.4, 0.5) is 0 Å². The molecule has 1 aliphatic heterocycles. The fourth-order valence-corrected chi connectivity index (χ4v) is 4.76. The van der Waals surface area contributed by atoms with Crippen molar-refractivity contribution in [3.63, 3.8) is 0 Å². The highest BCUT2D eigenvalue weighted by molar-refractivity contribution is 8.27. The highest BCUT2D eigenvalue weighted by atomic mass is 35.5. The van der Waals surface area contributed by atoms with Gasteiger partial charge in [0.2, 0.25) is 0 Å². The number of thiocarbonyl (C=S) groups is 1. The number of benzene rings is 2. The topological polar surface area (TPSA) is 43.7 Å². The van der Waals surface area contributed by atoms with Gasteiger partial charge in [-0.15, -0.1) is 0 Å². The summed E-state index contributed by atoms with van der Waals surface area (Å²) in [6.45, 7) is 4.28. The third-order valence-corrected chi connectivity index (χ3v) is 6.54. The molecule has 0 radical (unpaired) electrons. The summed E-state index contributed by atoms with van der Waals surface area (Å²) in [4.78, 5) is 13.6. The number of hydrogen-bond donors (Lipinski definition) is 0. The number of carbonyl (C=O) groups excluding carboxylic acids is 1. The van der Waals surface area contributed by atoms with E-state index in [9.17, 15) is 4.79 Å². The molecular weight excluding hydrogens is 464 g/mol. The minimum Gasteiger partial charge on any atom is -0.493 e. The van der Waals surface area contributed by atoms with E-state index in [1.165, 1.54) is 16.8 Å². The molecule has 1 fully saturated rings. The first-order valence-electron chi connectivity index (χ1n) is 9.86. The molecule has 2 heterocycles. The van der Waals surface area contributed by atoms with Gasteiger partial charge in [0, 0.05) is 16.4 Å². The molecule has 0 bridgehead atoms. The van der Waals surface area contributed by atoms with Gasteiger partial charge in [-0.25, -0.2) is 0 Å². The number of ether oxygens (including phenoxy) is 2. The Bertz CT molecular complexity index is 1200. The van der Waals surface area contributed by atoms with Crippen molar-refractivity contribution < 1.29 is 14.3 Å². The Morgan fingerprint density at radius 1 is 1.03 bits per heavy atom. The molecule has 2 aromatic carbocycles. The van der Waals surface area contributed by atoms with Crippen LogP contribution in [0.5, 0.6) is 11.5 Å². The Morgan fingerprint density at radius 3 is 2.38 bits per heavy atom.